The Morgan fingerprint density at radius 1 is 1.13 bits per heavy atom. The maximum Gasteiger partial charge on any atom is 0.242 e. The zero-order chi connectivity index (χ0) is 21.8. The fraction of sp³-hybridized carbons (Fsp3) is 0.292. The Balaban J connectivity index is 1.26. The average molecular weight is 418 g/mol. The average Bonchev–Trinajstić information content (AvgIpc) is 3.38. The van der Waals surface area contributed by atoms with Crippen molar-refractivity contribution in [1.82, 2.24) is 15.6 Å². The quantitative estimate of drug-likeness (QED) is 0.550. The van der Waals surface area contributed by atoms with Crippen molar-refractivity contribution in [3.63, 3.8) is 0 Å². The van der Waals surface area contributed by atoms with Crippen molar-refractivity contribution in [2.45, 2.75) is 25.8 Å². The molecule has 0 saturated carbocycles. The number of hydrogen-bond donors (Lipinski definition) is 3. The summed E-state index contributed by atoms with van der Waals surface area (Å²) in [4.78, 5) is 42.2. The lowest BCUT2D eigenvalue weighted by Gasteiger charge is -2.18. The second-order valence-corrected chi connectivity index (χ2v) is 7.87. The van der Waals surface area contributed by atoms with Gasteiger partial charge < -0.3 is 20.5 Å². The zero-order valence-electron chi connectivity index (χ0n) is 17.4. The number of para-hydroxylation sites is 2. The number of nitrogens with one attached hydrogen (secondary N) is 3. The molecular weight excluding hydrogens is 392 g/mol. The van der Waals surface area contributed by atoms with Crippen LogP contribution in [-0.4, -0.2) is 41.8 Å². The molecule has 2 aromatic carbocycles. The van der Waals surface area contributed by atoms with Crippen LogP contribution in [0.25, 0.3) is 10.9 Å². The molecule has 1 aliphatic rings. The molecule has 0 unspecified atom stereocenters. The molecule has 0 spiro atoms. The van der Waals surface area contributed by atoms with Crippen LogP contribution in [0.5, 0.6) is 0 Å². The highest BCUT2D eigenvalue weighted by atomic mass is 16.2. The van der Waals surface area contributed by atoms with Crippen LogP contribution in [0.1, 0.15) is 18.9 Å². The van der Waals surface area contributed by atoms with Crippen LogP contribution in [0.3, 0.4) is 0 Å². The minimum absolute atomic E-state index is 0.0813. The molecule has 3 amide bonds. The molecule has 1 aliphatic heterocycles. The van der Waals surface area contributed by atoms with Gasteiger partial charge in [0.25, 0.3) is 0 Å². The van der Waals surface area contributed by atoms with E-state index in [4.69, 9.17) is 0 Å². The fourth-order valence-electron chi connectivity index (χ4n) is 3.95. The Kier molecular flexibility index (Phi) is 6.02. The standard InChI is InChI=1S/C24H26N4O3/c1-16(23(30)25-12-11-17-14-26-21-10-6-5-9-20(17)21)27-24(31)18-13-22(29)28(15-18)19-7-3-2-4-8-19/h2-10,14,16,18,26H,11-13,15H2,1H3,(H,25,30)(H,27,31)/t16-,18+/m0/s1. The van der Waals surface area contributed by atoms with Crippen molar-refractivity contribution in [3.8, 4) is 0 Å². The SMILES string of the molecule is C[C@H](NC(=O)[C@@H]1CC(=O)N(c2ccccc2)C1)C(=O)NCCc1c[nH]c2ccccc12. The molecule has 2 atom stereocenters. The van der Waals surface area contributed by atoms with E-state index in [9.17, 15) is 14.4 Å². The smallest absolute Gasteiger partial charge is 0.242 e. The lowest BCUT2D eigenvalue weighted by molar-refractivity contribution is -0.130. The van der Waals surface area contributed by atoms with Crippen molar-refractivity contribution in [1.29, 1.82) is 0 Å². The zero-order valence-corrected chi connectivity index (χ0v) is 17.4. The number of nitrogens with zero attached hydrogens (tertiary/aromatic N) is 1. The Morgan fingerprint density at radius 3 is 2.68 bits per heavy atom. The number of hydrogen-bond acceptors (Lipinski definition) is 3. The summed E-state index contributed by atoms with van der Waals surface area (Å²) in [5, 5.41) is 6.78. The number of aromatic nitrogens is 1. The maximum atomic E-state index is 12.6. The van der Waals surface area contributed by atoms with Gasteiger partial charge in [0.1, 0.15) is 6.04 Å². The summed E-state index contributed by atoms with van der Waals surface area (Å²) < 4.78 is 0. The highest BCUT2D eigenvalue weighted by Gasteiger charge is 2.35. The van der Waals surface area contributed by atoms with Crippen LogP contribution in [0.15, 0.2) is 60.8 Å². The van der Waals surface area contributed by atoms with E-state index in [0.717, 1.165) is 22.2 Å². The van der Waals surface area contributed by atoms with Gasteiger partial charge in [-0.15, -0.1) is 0 Å². The normalized spacial score (nSPS) is 17.0. The van der Waals surface area contributed by atoms with Gasteiger partial charge >= 0.3 is 0 Å². The van der Waals surface area contributed by atoms with E-state index in [-0.39, 0.29) is 24.1 Å². The summed E-state index contributed by atoms with van der Waals surface area (Å²) in [5.74, 6) is -1.06. The highest BCUT2D eigenvalue weighted by molar-refractivity contribution is 6.01. The molecule has 1 saturated heterocycles. The number of rotatable bonds is 7. The summed E-state index contributed by atoms with van der Waals surface area (Å²) in [7, 11) is 0. The van der Waals surface area contributed by atoms with E-state index >= 15 is 0 Å². The third kappa shape index (κ3) is 4.60. The Bertz CT molecular complexity index is 1090. The van der Waals surface area contributed by atoms with Crippen molar-refractivity contribution >= 4 is 34.3 Å². The van der Waals surface area contributed by atoms with Crippen molar-refractivity contribution in [2.24, 2.45) is 5.92 Å². The lowest BCUT2D eigenvalue weighted by atomic mass is 10.1. The molecule has 2 heterocycles. The molecule has 160 valence electrons. The number of H-pyrrole nitrogens is 1. The second kappa shape index (κ2) is 9.04. The second-order valence-electron chi connectivity index (χ2n) is 7.87. The van der Waals surface area contributed by atoms with Gasteiger partial charge in [0, 0.05) is 42.3 Å². The van der Waals surface area contributed by atoms with Crippen LogP contribution in [0.2, 0.25) is 0 Å². The number of aromatic amines is 1. The van der Waals surface area contributed by atoms with Gasteiger partial charge in [-0.2, -0.15) is 0 Å². The summed E-state index contributed by atoms with van der Waals surface area (Å²) in [5.41, 5.74) is 2.99. The predicted molar refractivity (Wildman–Crippen MR) is 120 cm³/mol. The largest absolute Gasteiger partial charge is 0.361 e. The highest BCUT2D eigenvalue weighted by Crippen LogP contribution is 2.25. The van der Waals surface area contributed by atoms with Crippen molar-refractivity contribution in [2.75, 3.05) is 18.0 Å². The van der Waals surface area contributed by atoms with Crippen LogP contribution in [0, 0.1) is 5.92 Å². The van der Waals surface area contributed by atoms with Gasteiger partial charge in [-0.25, -0.2) is 0 Å². The van der Waals surface area contributed by atoms with E-state index in [1.54, 1.807) is 11.8 Å². The number of anilines is 1. The van der Waals surface area contributed by atoms with Gasteiger partial charge in [-0.1, -0.05) is 36.4 Å². The van der Waals surface area contributed by atoms with Gasteiger partial charge in [0.2, 0.25) is 17.7 Å². The van der Waals surface area contributed by atoms with E-state index in [1.807, 2.05) is 60.8 Å². The van der Waals surface area contributed by atoms with Crippen LogP contribution < -0.4 is 15.5 Å². The molecule has 1 aromatic heterocycles. The first kappa shape index (κ1) is 20.7. The molecular formula is C24H26N4O3. The van der Waals surface area contributed by atoms with Gasteiger partial charge in [0.15, 0.2) is 0 Å². The fourth-order valence-corrected chi connectivity index (χ4v) is 3.95. The summed E-state index contributed by atoms with van der Waals surface area (Å²) in [6.07, 6.45) is 2.80. The van der Waals surface area contributed by atoms with Crippen LogP contribution >= 0.6 is 0 Å². The monoisotopic (exact) mass is 418 g/mol. The molecule has 7 nitrogen and oxygen atoms in total. The number of benzene rings is 2. The lowest BCUT2D eigenvalue weighted by Crippen LogP contribution is -2.47. The summed E-state index contributed by atoms with van der Waals surface area (Å²) >= 11 is 0. The third-order valence-electron chi connectivity index (χ3n) is 5.68. The third-order valence-corrected chi connectivity index (χ3v) is 5.68. The van der Waals surface area contributed by atoms with E-state index in [0.29, 0.717) is 19.5 Å². The summed E-state index contributed by atoms with van der Waals surface area (Å²) in [6, 6.07) is 16.7. The minimum Gasteiger partial charge on any atom is -0.361 e. The van der Waals surface area contributed by atoms with Crippen molar-refractivity contribution in [3.05, 3.63) is 66.4 Å². The van der Waals surface area contributed by atoms with Crippen LogP contribution in [0.4, 0.5) is 5.69 Å². The molecule has 0 aliphatic carbocycles. The first-order valence-corrected chi connectivity index (χ1v) is 10.5. The molecule has 0 bridgehead atoms. The topological polar surface area (TPSA) is 94.3 Å². The maximum absolute atomic E-state index is 12.6. The molecule has 3 aromatic rings. The molecule has 31 heavy (non-hydrogen) atoms. The predicted octanol–water partition coefficient (Wildman–Crippen LogP) is 2.38. The van der Waals surface area contributed by atoms with Crippen molar-refractivity contribution < 1.29 is 14.4 Å². The van der Waals surface area contributed by atoms with Gasteiger partial charge in [-0.3, -0.25) is 14.4 Å². The number of carbonyl (C=O) groups excluding carboxylic acids is 3. The summed E-state index contributed by atoms with van der Waals surface area (Å²) in [6.45, 7) is 2.46. The first-order chi connectivity index (χ1) is 15.0. The number of amides is 3. The van der Waals surface area contributed by atoms with Gasteiger partial charge in [0.05, 0.1) is 5.92 Å². The van der Waals surface area contributed by atoms with Gasteiger partial charge in [-0.05, 0) is 37.1 Å². The minimum atomic E-state index is -0.670. The number of fused-ring (bicyclic) bond motifs is 1. The van der Waals surface area contributed by atoms with E-state index < -0.39 is 12.0 Å². The van der Waals surface area contributed by atoms with E-state index in [1.165, 1.54) is 0 Å². The van der Waals surface area contributed by atoms with E-state index in [2.05, 4.69) is 15.6 Å². The molecule has 4 rings (SSSR count). The molecule has 3 N–H and O–H groups in total. The number of carbonyl (C=O) groups is 3. The molecule has 1 fully saturated rings. The Morgan fingerprint density at radius 2 is 1.87 bits per heavy atom. The van der Waals surface area contributed by atoms with Crippen LogP contribution in [-0.2, 0) is 20.8 Å². The first-order valence-electron chi connectivity index (χ1n) is 10.5. The molecule has 7 heteroatoms. The Hall–Kier alpha value is -3.61. The Labute approximate surface area is 180 Å². The molecule has 0 radical (unpaired) electrons.